The molecule has 0 atom stereocenters. The molecule has 14 heavy (non-hydrogen) atoms. The first-order valence-corrected chi connectivity index (χ1v) is 3.78. The summed E-state index contributed by atoms with van der Waals surface area (Å²) in [5.41, 5.74) is 0.0764. The normalized spacial score (nSPS) is 8.36. The van der Waals surface area contributed by atoms with Crippen LogP contribution in [-0.2, 0) is 9.53 Å². The number of nitrogens with zero attached hydrogens (tertiary/aromatic N) is 2. The van der Waals surface area contributed by atoms with Crippen molar-refractivity contribution < 1.29 is 14.6 Å². The van der Waals surface area contributed by atoms with E-state index in [1.165, 1.54) is 13.4 Å². The molecule has 0 aliphatic heterocycles. The second-order valence-electron chi connectivity index (χ2n) is 2.25. The average molecular weight is 196 g/mol. The van der Waals surface area contributed by atoms with E-state index in [2.05, 4.69) is 21.3 Å². The number of aliphatic carboxylic acids is 1. The van der Waals surface area contributed by atoms with Gasteiger partial charge in [0.15, 0.2) is 0 Å². The van der Waals surface area contributed by atoms with E-state index in [9.17, 15) is 4.79 Å². The van der Waals surface area contributed by atoms with Gasteiger partial charge in [0.1, 0.15) is 6.33 Å². The molecule has 0 spiro atoms. The average Bonchev–Trinajstić information content (AvgIpc) is 2.21. The highest BCUT2D eigenvalue weighted by Gasteiger charge is 2.00. The summed E-state index contributed by atoms with van der Waals surface area (Å²) in [4.78, 5) is 17.3. The predicted molar refractivity (Wildman–Crippen MR) is 50.7 cm³/mol. The summed E-state index contributed by atoms with van der Waals surface area (Å²) in [6, 6.07) is 1.78. The van der Waals surface area contributed by atoms with Crippen molar-refractivity contribution in [1.29, 1.82) is 0 Å². The minimum atomic E-state index is -1.01. The van der Waals surface area contributed by atoms with E-state index < -0.39 is 5.97 Å². The number of carbonyl (C=O) groups is 1. The van der Waals surface area contributed by atoms with E-state index in [0.717, 1.165) is 0 Å². The first-order valence-electron chi connectivity index (χ1n) is 3.78. The van der Waals surface area contributed by atoms with Crippen LogP contribution in [0.3, 0.4) is 0 Å². The fourth-order valence-corrected chi connectivity index (χ4v) is 0.489. The Morgan fingerprint density at radius 1 is 1.50 bits per heavy atom. The van der Waals surface area contributed by atoms with Gasteiger partial charge in [-0.25, -0.2) is 14.8 Å². The van der Waals surface area contributed by atoms with Gasteiger partial charge in [0.25, 0.3) is 0 Å². The third-order valence-corrected chi connectivity index (χ3v) is 1.10. The van der Waals surface area contributed by atoms with Crippen LogP contribution in [0, 0.1) is 0 Å². The molecule has 0 aromatic carbocycles. The maximum atomic E-state index is 9.91. The van der Waals surface area contributed by atoms with Gasteiger partial charge < -0.3 is 9.84 Å². The molecule has 5 heteroatoms. The van der Waals surface area contributed by atoms with Crippen molar-refractivity contribution in [2.75, 3.05) is 13.7 Å². The topological polar surface area (TPSA) is 72.3 Å². The second-order valence-corrected chi connectivity index (χ2v) is 2.25. The molecule has 1 N–H and O–H groups in total. The molecule has 1 rings (SSSR count). The van der Waals surface area contributed by atoms with Gasteiger partial charge >= 0.3 is 5.97 Å². The Morgan fingerprint density at radius 3 is 2.21 bits per heavy atom. The number of hydrogen-bond donors (Lipinski definition) is 1. The molecular formula is C9H12N2O3. The lowest BCUT2D eigenvalue weighted by Crippen LogP contribution is -2.04. The van der Waals surface area contributed by atoms with Gasteiger partial charge in [-0.05, 0) is 6.07 Å². The number of rotatable bonds is 3. The fourth-order valence-electron chi connectivity index (χ4n) is 0.489. The van der Waals surface area contributed by atoms with E-state index in [1.54, 1.807) is 18.5 Å². The van der Waals surface area contributed by atoms with Gasteiger partial charge in [0.2, 0.25) is 0 Å². The minimum absolute atomic E-state index is 0.0764. The number of hydrogen-bond acceptors (Lipinski definition) is 4. The number of methoxy groups -OCH3 is 1. The van der Waals surface area contributed by atoms with E-state index in [4.69, 9.17) is 5.11 Å². The minimum Gasteiger partial charge on any atom is -0.478 e. The van der Waals surface area contributed by atoms with Gasteiger partial charge in [-0.3, -0.25) is 0 Å². The first-order chi connectivity index (χ1) is 6.68. The molecule has 5 nitrogen and oxygen atoms in total. The molecule has 1 heterocycles. The summed E-state index contributed by atoms with van der Waals surface area (Å²) in [6.45, 7) is 3.31. The lowest BCUT2D eigenvalue weighted by molar-refractivity contribution is -0.133. The largest absolute Gasteiger partial charge is 0.478 e. The van der Waals surface area contributed by atoms with Crippen LogP contribution in [0.5, 0.6) is 0 Å². The van der Waals surface area contributed by atoms with E-state index >= 15 is 0 Å². The van der Waals surface area contributed by atoms with Crippen LogP contribution < -0.4 is 0 Å². The van der Waals surface area contributed by atoms with Crippen LogP contribution in [0.15, 0.2) is 36.9 Å². The van der Waals surface area contributed by atoms with Gasteiger partial charge in [0, 0.05) is 19.5 Å². The summed E-state index contributed by atoms with van der Waals surface area (Å²) >= 11 is 0. The number of ether oxygens (including phenoxy) is 1. The lowest BCUT2D eigenvalue weighted by atomic mass is 10.3. The smallest absolute Gasteiger partial charge is 0.333 e. The highest BCUT2D eigenvalue weighted by molar-refractivity contribution is 5.85. The van der Waals surface area contributed by atoms with Crippen molar-refractivity contribution in [3.8, 4) is 0 Å². The molecule has 0 fully saturated rings. The Bertz CT molecular complexity index is 248. The second kappa shape index (κ2) is 7.88. The summed E-state index contributed by atoms with van der Waals surface area (Å²) < 4.78 is 4.48. The van der Waals surface area contributed by atoms with Gasteiger partial charge in [-0.15, -0.1) is 0 Å². The SMILES string of the molecule is C=C(COC)C(=O)O.c1cncnc1. The van der Waals surface area contributed by atoms with Gasteiger partial charge in [0.05, 0.1) is 12.2 Å². The Hall–Kier alpha value is -1.75. The Morgan fingerprint density at radius 2 is 2.07 bits per heavy atom. The zero-order chi connectivity index (χ0) is 10.8. The van der Waals surface area contributed by atoms with Gasteiger partial charge in [-0.1, -0.05) is 6.58 Å². The third-order valence-electron chi connectivity index (χ3n) is 1.10. The molecule has 0 saturated heterocycles. The standard InChI is InChI=1S/C5H8O3.C4H4N2/c1-4(3-8-2)5(6)7;1-2-5-4-6-3-1/h1,3H2,2H3,(H,6,7);1-4H. The van der Waals surface area contributed by atoms with Crippen molar-refractivity contribution in [1.82, 2.24) is 9.97 Å². The van der Waals surface area contributed by atoms with Crippen molar-refractivity contribution in [2.45, 2.75) is 0 Å². The zero-order valence-corrected chi connectivity index (χ0v) is 7.88. The van der Waals surface area contributed by atoms with Crippen molar-refractivity contribution in [2.24, 2.45) is 0 Å². The van der Waals surface area contributed by atoms with Gasteiger partial charge in [-0.2, -0.15) is 0 Å². The molecule has 0 saturated carbocycles. The van der Waals surface area contributed by atoms with Crippen molar-refractivity contribution in [3.63, 3.8) is 0 Å². The molecular weight excluding hydrogens is 184 g/mol. The van der Waals surface area contributed by atoms with E-state index in [1.807, 2.05) is 0 Å². The third kappa shape index (κ3) is 6.93. The molecule has 0 amide bonds. The Labute approximate surface area is 82.1 Å². The Balaban J connectivity index is 0.000000249. The molecule has 76 valence electrons. The number of aromatic nitrogens is 2. The molecule has 1 aromatic heterocycles. The predicted octanol–water partition coefficient (Wildman–Crippen LogP) is 0.750. The molecule has 0 radical (unpaired) electrons. The van der Waals surface area contributed by atoms with Crippen molar-refractivity contribution >= 4 is 5.97 Å². The molecule has 0 bridgehead atoms. The Kier molecular flexibility index (Phi) is 6.89. The number of carboxylic acid groups (broad SMARTS) is 1. The number of carboxylic acids is 1. The van der Waals surface area contributed by atoms with E-state index in [-0.39, 0.29) is 12.2 Å². The monoisotopic (exact) mass is 196 g/mol. The zero-order valence-electron chi connectivity index (χ0n) is 7.88. The van der Waals surface area contributed by atoms with E-state index in [0.29, 0.717) is 0 Å². The highest BCUT2D eigenvalue weighted by Crippen LogP contribution is 1.87. The summed E-state index contributed by atoms with van der Waals surface area (Å²) in [5, 5.41) is 8.13. The van der Waals surface area contributed by atoms with Crippen LogP contribution in [-0.4, -0.2) is 34.8 Å². The quantitative estimate of drug-likeness (QED) is 0.722. The van der Waals surface area contributed by atoms with Crippen molar-refractivity contribution in [3.05, 3.63) is 36.9 Å². The fraction of sp³-hybridized carbons (Fsp3) is 0.222. The van der Waals surface area contributed by atoms with Crippen LogP contribution in [0.4, 0.5) is 0 Å². The van der Waals surface area contributed by atoms with Crippen LogP contribution >= 0.6 is 0 Å². The summed E-state index contributed by atoms with van der Waals surface area (Å²) in [7, 11) is 1.42. The van der Waals surface area contributed by atoms with Crippen LogP contribution in [0.2, 0.25) is 0 Å². The lowest BCUT2D eigenvalue weighted by Gasteiger charge is -1.93. The molecule has 0 aliphatic carbocycles. The maximum Gasteiger partial charge on any atom is 0.333 e. The first kappa shape index (κ1) is 12.2. The maximum absolute atomic E-state index is 9.91. The summed E-state index contributed by atoms with van der Waals surface area (Å²) in [6.07, 6.45) is 4.88. The van der Waals surface area contributed by atoms with Crippen LogP contribution in [0.1, 0.15) is 0 Å². The van der Waals surface area contributed by atoms with Crippen LogP contribution in [0.25, 0.3) is 0 Å². The molecule has 1 aromatic rings. The summed E-state index contributed by atoms with van der Waals surface area (Å²) in [5.74, 6) is -1.01. The highest BCUT2D eigenvalue weighted by atomic mass is 16.5. The molecule has 0 aliphatic rings. The molecule has 0 unspecified atom stereocenters.